The number of amides is 1. The highest BCUT2D eigenvalue weighted by Gasteiger charge is 2.29. The van der Waals surface area contributed by atoms with Gasteiger partial charge in [-0.25, -0.2) is 8.42 Å². The van der Waals surface area contributed by atoms with Crippen LogP contribution in [0.15, 0.2) is 71.6 Å². The Balaban J connectivity index is 1.62. The average Bonchev–Trinajstić information content (AvgIpc) is 2.81. The fourth-order valence-corrected chi connectivity index (χ4v) is 5.00. The fraction of sp³-hybridized carbons (Fsp3) is 0.208. The zero-order chi connectivity index (χ0) is 23.4. The Morgan fingerprint density at radius 2 is 1.73 bits per heavy atom. The molecule has 0 bridgehead atoms. The molecule has 1 aliphatic heterocycles. The Morgan fingerprint density at radius 1 is 1.00 bits per heavy atom. The molecule has 9 heteroatoms. The number of carbonyl (C=O) groups is 1. The number of halogens is 1. The molecular formula is C24H23ClN2O5S. The Bertz CT molecular complexity index is 1270. The Hall–Kier alpha value is -3.07. The number of aryl methyl sites for hydroxylation is 1. The van der Waals surface area contributed by atoms with Crippen LogP contribution in [-0.2, 0) is 21.4 Å². The Morgan fingerprint density at radius 3 is 2.48 bits per heavy atom. The van der Waals surface area contributed by atoms with Crippen molar-refractivity contribution in [2.45, 2.75) is 18.4 Å². The summed E-state index contributed by atoms with van der Waals surface area (Å²) in [5.41, 5.74) is 2.10. The summed E-state index contributed by atoms with van der Waals surface area (Å²) in [4.78, 5) is 12.9. The van der Waals surface area contributed by atoms with Gasteiger partial charge in [-0.05, 0) is 42.3 Å². The topological polar surface area (TPSA) is 84.9 Å². The van der Waals surface area contributed by atoms with E-state index in [1.165, 1.54) is 12.1 Å². The number of hydrogen-bond donors (Lipinski definition) is 1. The first kappa shape index (κ1) is 23.1. The van der Waals surface area contributed by atoms with Gasteiger partial charge in [0.25, 0.3) is 0 Å². The van der Waals surface area contributed by atoms with Crippen LogP contribution in [0.2, 0.25) is 5.02 Å². The zero-order valence-corrected chi connectivity index (χ0v) is 19.5. The van der Waals surface area contributed by atoms with Crippen LogP contribution in [0.1, 0.15) is 11.1 Å². The largest absolute Gasteiger partial charge is 0.486 e. The highest BCUT2D eigenvalue weighted by atomic mass is 35.5. The molecule has 0 aromatic heterocycles. The number of sulfonamides is 1. The molecule has 3 aromatic carbocycles. The molecule has 172 valence electrons. The molecule has 4 rings (SSSR count). The summed E-state index contributed by atoms with van der Waals surface area (Å²) in [6.45, 7) is 2.23. The van der Waals surface area contributed by atoms with Crippen molar-refractivity contribution in [3.05, 3.63) is 82.9 Å². The average molecular weight is 487 g/mol. The van der Waals surface area contributed by atoms with E-state index in [1.807, 2.05) is 37.3 Å². The van der Waals surface area contributed by atoms with Gasteiger partial charge < -0.3 is 14.8 Å². The van der Waals surface area contributed by atoms with Crippen molar-refractivity contribution < 1.29 is 22.7 Å². The molecule has 0 saturated carbocycles. The van der Waals surface area contributed by atoms with E-state index in [9.17, 15) is 13.2 Å². The number of anilines is 1. The van der Waals surface area contributed by atoms with Gasteiger partial charge in [-0.2, -0.15) is 4.31 Å². The summed E-state index contributed by atoms with van der Waals surface area (Å²) in [6.07, 6.45) is 0. The number of carbonyl (C=O) groups excluding carboxylic acids is 1. The van der Waals surface area contributed by atoms with Crippen molar-refractivity contribution in [2.75, 3.05) is 25.1 Å². The molecule has 1 aliphatic rings. The summed E-state index contributed by atoms with van der Waals surface area (Å²) in [5.74, 6) is 0.377. The molecule has 0 radical (unpaired) electrons. The monoisotopic (exact) mass is 486 g/mol. The SMILES string of the molecule is Cc1ccc(Cl)cc1NC(=O)CN(Cc1ccccc1)S(=O)(=O)c1ccc2c(c1)OCCO2. The highest BCUT2D eigenvalue weighted by Crippen LogP contribution is 2.33. The van der Waals surface area contributed by atoms with Crippen molar-refractivity contribution in [2.24, 2.45) is 0 Å². The Kier molecular flexibility index (Phi) is 6.88. The molecule has 3 aromatic rings. The normalized spacial score (nSPS) is 13.1. The zero-order valence-electron chi connectivity index (χ0n) is 18.0. The number of rotatable bonds is 7. The van der Waals surface area contributed by atoms with Gasteiger partial charge in [-0.3, -0.25) is 4.79 Å². The number of nitrogens with one attached hydrogen (secondary N) is 1. The van der Waals surface area contributed by atoms with E-state index in [4.69, 9.17) is 21.1 Å². The minimum absolute atomic E-state index is 0.0226. The van der Waals surface area contributed by atoms with Crippen molar-refractivity contribution in [3.63, 3.8) is 0 Å². The van der Waals surface area contributed by atoms with Gasteiger partial charge in [0.2, 0.25) is 15.9 Å². The lowest BCUT2D eigenvalue weighted by atomic mass is 10.2. The van der Waals surface area contributed by atoms with Crippen molar-refractivity contribution in [1.29, 1.82) is 0 Å². The summed E-state index contributed by atoms with van der Waals surface area (Å²) >= 11 is 6.04. The molecule has 33 heavy (non-hydrogen) atoms. The summed E-state index contributed by atoms with van der Waals surface area (Å²) in [7, 11) is -4.03. The summed E-state index contributed by atoms with van der Waals surface area (Å²) in [5, 5.41) is 3.24. The molecule has 0 spiro atoms. The van der Waals surface area contributed by atoms with Crippen LogP contribution in [0.25, 0.3) is 0 Å². The molecule has 1 N–H and O–H groups in total. The lowest BCUT2D eigenvalue weighted by Gasteiger charge is -2.24. The second kappa shape index (κ2) is 9.82. The van der Waals surface area contributed by atoms with Gasteiger partial charge in [0, 0.05) is 23.3 Å². The van der Waals surface area contributed by atoms with E-state index in [-0.39, 0.29) is 18.0 Å². The van der Waals surface area contributed by atoms with Crippen molar-refractivity contribution in [3.8, 4) is 11.5 Å². The van der Waals surface area contributed by atoms with Crippen LogP contribution >= 0.6 is 11.6 Å². The van der Waals surface area contributed by atoms with Gasteiger partial charge in [-0.1, -0.05) is 48.0 Å². The third-order valence-corrected chi connectivity index (χ3v) is 7.17. The Labute approximate surface area is 197 Å². The number of fused-ring (bicyclic) bond motifs is 1. The molecular weight excluding hydrogens is 464 g/mol. The molecule has 1 amide bonds. The van der Waals surface area contributed by atoms with Crippen LogP contribution in [0.3, 0.4) is 0 Å². The van der Waals surface area contributed by atoms with E-state index in [0.717, 1.165) is 15.4 Å². The van der Waals surface area contributed by atoms with Crippen LogP contribution in [0, 0.1) is 6.92 Å². The van der Waals surface area contributed by atoms with Gasteiger partial charge >= 0.3 is 0 Å². The molecule has 0 aliphatic carbocycles. The van der Waals surface area contributed by atoms with E-state index in [1.54, 1.807) is 24.3 Å². The lowest BCUT2D eigenvalue weighted by Crippen LogP contribution is -2.37. The van der Waals surface area contributed by atoms with E-state index in [2.05, 4.69) is 5.32 Å². The predicted octanol–water partition coefficient (Wildman–Crippen LogP) is 4.25. The molecule has 0 fully saturated rings. The molecule has 0 saturated heterocycles. The van der Waals surface area contributed by atoms with Gasteiger partial charge in [-0.15, -0.1) is 0 Å². The summed E-state index contributed by atoms with van der Waals surface area (Å²) < 4.78 is 39.3. The van der Waals surface area contributed by atoms with E-state index in [0.29, 0.717) is 35.4 Å². The van der Waals surface area contributed by atoms with E-state index >= 15 is 0 Å². The van der Waals surface area contributed by atoms with E-state index < -0.39 is 15.9 Å². The number of benzene rings is 3. The number of hydrogen-bond acceptors (Lipinski definition) is 5. The van der Waals surface area contributed by atoms with Crippen LogP contribution in [0.4, 0.5) is 5.69 Å². The standard InChI is InChI=1S/C24H23ClN2O5S/c1-17-7-8-19(25)13-21(17)26-24(28)16-27(15-18-5-3-2-4-6-18)33(29,30)20-9-10-22-23(14-20)32-12-11-31-22/h2-10,13-14H,11-12,15-16H2,1H3,(H,26,28). The first-order chi connectivity index (χ1) is 15.8. The van der Waals surface area contributed by atoms with Crippen molar-refractivity contribution in [1.82, 2.24) is 4.31 Å². The maximum Gasteiger partial charge on any atom is 0.243 e. The third kappa shape index (κ3) is 5.47. The quantitative estimate of drug-likeness (QED) is 0.539. The molecule has 1 heterocycles. The number of ether oxygens (including phenoxy) is 2. The smallest absolute Gasteiger partial charge is 0.243 e. The molecule has 0 unspecified atom stereocenters. The maximum absolute atomic E-state index is 13.6. The summed E-state index contributed by atoms with van der Waals surface area (Å²) in [6, 6.07) is 18.7. The van der Waals surface area contributed by atoms with Gasteiger partial charge in [0.1, 0.15) is 13.2 Å². The highest BCUT2D eigenvalue weighted by molar-refractivity contribution is 7.89. The lowest BCUT2D eigenvalue weighted by molar-refractivity contribution is -0.116. The third-order valence-electron chi connectivity index (χ3n) is 5.15. The van der Waals surface area contributed by atoms with Crippen LogP contribution in [-0.4, -0.2) is 38.4 Å². The molecule has 0 atom stereocenters. The second-order valence-electron chi connectivity index (χ2n) is 7.57. The minimum atomic E-state index is -4.03. The van der Waals surface area contributed by atoms with Gasteiger partial charge in [0.15, 0.2) is 11.5 Å². The van der Waals surface area contributed by atoms with Gasteiger partial charge in [0.05, 0.1) is 11.4 Å². The fourth-order valence-electron chi connectivity index (χ4n) is 3.42. The predicted molar refractivity (Wildman–Crippen MR) is 126 cm³/mol. The molecule has 7 nitrogen and oxygen atoms in total. The van der Waals surface area contributed by atoms with Crippen molar-refractivity contribution >= 4 is 33.2 Å². The van der Waals surface area contributed by atoms with Crippen LogP contribution in [0.5, 0.6) is 11.5 Å². The maximum atomic E-state index is 13.6. The first-order valence-corrected chi connectivity index (χ1v) is 12.1. The van der Waals surface area contributed by atoms with Crippen LogP contribution < -0.4 is 14.8 Å². The minimum Gasteiger partial charge on any atom is -0.486 e. The second-order valence-corrected chi connectivity index (χ2v) is 9.95. The number of nitrogens with zero attached hydrogens (tertiary/aromatic N) is 1. The first-order valence-electron chi connectivity index (χ1n) is 10.3.